The Labute approximate surface area is 183 Å². The molecule has 164 valence electrons. The Morgan fingerprint density at radius 3 is 2.71 bits per heavy atom. The van der Waals surface area contributed by atoms with Crippen molar-refractivity contribution in [3.05, 3.63) is 59.3 Å². The van der Waals surface area contributed by atoms with Crippen LogP contribution in [0.15, 0.2) is 53.7 Å². The van der Waals surface area contributed by atoms with Gasteiger partial charge in [-0.3, -0.25) is 14.6 Å². The summed E-state index contributed by atoms with van der Waals surface area (Å²) >= 11 is 0. The minimum atomic E-state index is -0.0749. The van der Waals surface area contributed by atoms with E-state index in [9.17, 15) is 9.59 Å². The molecule has 1 aliphatic carbocycles. The zero-order valence-corrected chi connectivity index (χ0v) is 18.3. The van der Waals surface area contributed by atoms with Gasteiger partial charge in [-0.25, -0.2) is 0 Å². The lowest BCUT2D eigenvalue weighted by atomic mass is 10.1. The van der Waals surface area contributed by atoms with Gasteiger partial charge in [0.1, 0.15) is 5.69 Å². The van der Waals surface area contributed by atoms with E-state index in [1.54, 1.807) is 24.7 Å². The molecule has 0 aromatic carbocycles. The van der Waals surface area contributed by atoms with Crippen LogP contribution in [0.5, 0.6) is 0 Å². The van der Waals surface area contributed by atoms with E-state index >= 15 is 0 Å². The molecule has 0 bridgehead atoms. The summed E-state index contributed by atoms with van der Waals surface area (Å²) in [6.45, 7) is 2.98. The van der Waals surface area contributed by atoms with Crippen molar-refractivity contribution in [1.29, 1.82) is 0 Å². The third-order valence-corrected chi connectivity index (χ3v) is 6.01. The number of nitrogens with one attached hydrogen (secondary N) is 1. The number of aromatic nitrogens is 2. The molecule has 2 fully saturated rings. The van der Waals surface area contributed by atoms with Crippen molar-refractivity contribution in [2.24, 2.45) is 5.92 Å². The van der Waals surface area contributed by atoms with Gasteiger partial charge < -0.3 is 19.7 Å². The lowest BCUT2D eigenvalue weighted by molar-refractivity contribution is -0.125. The molecule has 1 N–H and O–H groups in total. The van der Waals surface area contributed by atoms with Gasteiger partial charge in [-0.15, -0.1) is 0 Å². The SMILES string of the molecule is CN(C)C/C=C/C(=O)N1CC[C@@H](N(CC2CC2)c2cc(-c3ccncc3)c[nH]c2=O)C1. The second-order valence-electron chi connectivity index (χ2n) is 8.83. The lowest BCUT2D eigenvalue weighted by Gasteiger charge is -2.31. The van der Waals surface area contributed by atoms with Crippen LogP contribution in [0.25, 0.3) is 11.1 Å². The van der Waals surface area contributed by atoms with Crippen molar-refractivity contribution in [3.63, 3.8) is 0 Å². The zero-order valence-electron chi connectivity index (χ0n) is 18.3. The molecule has 0 spiro atoms. The molecule has 2 aliphatic rings. The summed E-state index contributed by atoms with van der Waals surface area (Å²) in [4.78, 5) is 38.6. The molecule has 0 radical (unpaired) electrons. The number of amides is 1. The minimum absolute atomic E-state index is 0.0511. The summed E-state index contributed by atoms with van der Waals surface area (Å²) in [5.41, 5.74) is 2.61. The number of carbonyl (C=O) groups is 1. The fourth-order valence-corrected chi connectivity index (χ4v) is 4.08. The number of likely N-dealkylation sites (N-methyl/N-ethyl adjacent to an activating group) is 1. The van der Waals surface area contributed by atoms with Gasteiger partial charge in [0.05, 0.1) is 0 Å². The molecule has 0 unspecified atom stereocenters. The van der Waals surface area contributed by atoms with E-state index in [-0.39, 0.29) is 17.5 Å². The van der Waals surface area contributed by atoms with Gasteiger partial charge >= 0.3 is 0 Å². The first-order chi connectivity index (χ1) is 15.0. The number of rotatable bonds is 8. The van der Waals surface area contributed by atoms with Crippen molar-refractivity contribution < 1.29 is 4.79 Å². The summed E-state index contributed by atoms with van der Waals surface area (Å²) in [6.07, 6.45) is 12.1. The van der Waals surface area contributed by atoms with Crippen LogP contribution in [-0.2, 0) is 4.79 Å². The maximum atomic E-state index is 12.8. The molecule has 31 heavy (non-hydrogen) atoms. The average molecular weight is 422 g/mol. The third kappa shape index (κ3) is 5.41. The Hall–Kier alpha value is -2.93. The first-order valence-electron chi connectivity index (χ1n) is 11.0. The number of aromatic amines is 1. The number of anilines is 1. The number of carbonyl (C=O) groups excluding carboxylic acids is 1. The van der Waals surface area contributed by atoms with Crippen LogP contribution in [0.1, 0.15) is 19.3 Å². The monoisotopic (exact) mass is 421 g/mol. The van der Waals surface area contributed by atoms with Crippen molar-refractivity contribution in [1.82, 2.24) is 19.8 Å². The highest BCUT2D eigenvalue weighted by Gasteiger charge is 2.34. The van der Waals surface area contributed by atoms with Gasteiger partial charge in [0.15, 0.2) is 0 Å². The second kappa shape index (κ2) is 9.47. The van der Waals surface area contributed by atoms with Crippen LogP contribution in [-0.4, -0.2) is 72.0 Å². The topological polar surface area (TPSA) is 72.5 Å². The number of hydrogen-bond acceptors (Lipinski definition) is 5. The summed E-state index contributed by atoms with van der Waals surface area (Å²) in [6, 6.07) is 6.02. The van der Waals surface area contributed by atoms with Crippen molar-refractivity contribution in [2.75, 3.05) is 45.2 Å². The molecule has 1 saturated heterocycles. The fourth-order valence-electron chi connectivity index (χ4n) is 4.08. The molecule has 1 amide bonds. The minimum Gasteiger partial charge on any atom is -0.362 e. The van der Waals surface area contributed by atoms with Crippen LogP contribution < -0.4 is 10.5 Å². The fraction of sp³-hybridized carbons (Fsp3) is 0.458. The van der Waals surface area contributed by atoms with E-state index in [1.807, 2.05) is 48.2 Å². The molecular formula is C24H31N5O2. The predicted octanol–water partition coefficient (Wildman–Crippen LogP) is 2.37. The van der Waals surface area contributed by atoms with E-state index in [4.69, 9.17) is 0 Å². The molecule has 7 heteroatoms. The number of hydrogen-bond donors (Lipinski definition) is 1. The Bertz CT molecular complexity index is 981. The van der Waals surface area contributed by atoms with Gasteiger partial charge in [-0.1, -0.05) is 6.08 Å². The second-order valence-corrected chi connectivity index (χ2v) is 8.83. The van der Waals surface area contributed by atoms with E-state index in [1.165, 1.54) is 12.8 Å². The van der Waals surface area contributed by atoms with E-state index < -0.39 is 0 Å². The Kier molecular flexibility index (Phi) is 6.51. The van der Waals surface area contributed by atoms with Crippen molar-refractivity contribution >= 4 is 11.6 Å². The third-order valence-electron chi connectivity index (χ3n) is 6.01. The highest BCUT2D eigenvalue weighted by atomic mass is 16.2. The summed E-state index contributed by atoms with van der Waals surface area (Å²) in [5, 5.41) is 0. The standard InChI is InChI=1S/C24H31N5O2/c1-27(2)12-3-4-23(30)28-13-9-21(17-28)29(16-18-5-6-18)22-14-20(15-26-24(22)31)19-7-10-25-11-8-19/h3-4,7-8,10-11,14-15,18,21H,5-6,9,12-13,16-17H2,1-2H3,(H,26,31)/b4-3+/t21-/m1/s1. The molecule has 2 aromatic rings. The predicted molar refractivity (Wildman–Crippen MR) is 123 cm³/mol. The molecular weight excluding hydrogens is 390 g/mol. The molecule has 1 atom stereocenters. The number of likely N-dealkylation sites (tertiary alicyclic amines) is 1. The Morgan fingerprint density at radius 1 is 1.23 bits per heavy atom. The Balaban J connectivity index is 1.54. The molecule has 1 aliphatic heterocycles. The summed E-state index contributed by atoms with van der Waals surface area (Å²) < 4.78 is 0. The maximum Gasteiger partial charge on any atom is 0.271 e. The van der Waals surface area contributed by atoms with E-state index in [0.29, 0.717) is 18.2 Å². The van der Waals surface area contributed by atoms with E-state index in [0.717, 1.165) is 37.2 Å². The van der Waals surface area contributed by atoms with Crippen LogP contribution in [0.2, 0.25) is 0 Å². The molecule has 2 aromatic heterocycles. The Morgan fingerprint density at radius 2 is 2.00 bits per heavy atom. The van der Waals surface area contributed by atoms with Crippen LogP contribution in [0, 0.1) is 5.92 Å². The van der Waals surface area contributed by atoms with Gasteiger partial charge in [0, 0.05) is 62.5 Å². The van der Waals surface area contributed by atoms with Crippen LogP contribution in [0.3, 0.4) is 0 Å². The average Bonchev–Trinajstić information content (AvgIpc) is 3.46. The number of nitrogens with zero attached hydrogens (tertiary/aromatic N) is 4. The van der Waals surface area contributed by atoms with Crippen molar-refractivity contribution in [2.45, 2.75) is 25.3 Å². The molecule has 3 heterocycles. The number of pyridine rings is 2. The lowest BCUT2D eigenvalue weighted by Crippen LogP contribution is -2.42. The molecule has 4 rings (SSSR count). The van der Waals surface area contributed by atoms with Crippen LogP contribution >= 0.6 is 0 Å². The van der Waals surface area contributed by atoms with Crippen LogP contribution in [0.4, 0.5) is 5.69 Å². The quantitative estimate of drug-likeness (QED) is 0.663. The number of H-pyrrole nitrogens is 1. The zero-order chi connectivity index (χ0) is 21.8. The smallest absolute Gasteiger partial charge is 0.271 e. The largest absolute Gasteiger partial charge is 0.362 e. The normalized spacial score (nSPS) is 18.8. The van der Waals surface area contributed by atoms with Gasteiger partial charge in [0.2, 0.25) is 5.91 Å². The van der Waals surface area contributed by atoms with Gasteiger partial charge in [-0.2, -0.15) is 0 Å². The summed E-state index contributed by atoms with van der Waals surface area (Å²) in [5.74, 6) is 0.684. The van der Waals surface area contributed by atoms with Crippen molar-refractivity contribution in [3.8, 4) is 11.1 Å². The van der Waals surface area contributed by atoms with Gasteiger partial charge in [-0.05, 0) is 63.0 Å². The highest BCUT2D eigenvalue weighted by Crippen LogP contribution is 2.33. The van der Waals surface area contributed by atoms with Gasteiger partial charge in [0.25, 0.3) is 5.56 Å². The summed E-state index contributed by atoms with van der Waals surface area (Å²) in [7, 11) is 3.96. The first kappa shape index (κ1) is 21.3. The van der Waals surface area contributed by atoms with E-state index in [2.05, 4.69) is 14.9 Å². The molecule has 1 saturated carbocycles. The molecule has 7 nitrogen and oxygen atoms in total. The first-order valence-corrected chi connectivity index (χ1v) is 11.0. The maximum absolute atomic E-state index is 12.8. The highest BCUT2D eigenvalue weighted by molar-refractivity contribution is 5.88.